The van der Waals surface area contributed by atoms with Crippen LogP contribution in [0.2, 0.25) is 5.02 Å². The van der Waals surface area contributed by atoms with Crippen LogP contribution in [0.3, 0.4) is 0 Å². The SMILES string of the molecule is Cc1nnc(Cc2nc(N)nc(OCC3CC3c3ccc(Cl)cn3)c2F)s1. The molecule has 0 bridgehead atoms. The van der Waals surface area contributed by atoms with Gasteiger partial charge in [0.25, 0.3) is 5.88 Å². The fourth-order valence-electron chi connectivity index (χ4n) is 2.84. The summed E-state index contributed by atoms with van der Waals surface area (Å²) >= 11 is 7.24. The third-order valence-electron chi connectivity index (χ3n) is 4.28. The van der Waals surface area contributed by atoms with Crippen LogP contribution in [0.5, 0.6) is 5.88 Å². The molecule has 3 aromatic rings. The number of aromatic nitrogens is 5. The van der Waals surface area contributed by atoms with Gasteiger partial charge in [-0.2, -0.15) is 9.37 Å². The van der Waals surface area contributed by atoms with E-state index in [0.29, 0.717) is 16.6 Å². The summed E-state index contributed by atoms with van der Waals surface area (Å²) in [5, 5.41) is 9.98. The van der Waals surface area contributed by atoms with Crippen LogP contribution in [0.15, 0.2) is 18.3 Å². The second-order valence-electron chi connectivity index (χ2n) is 6.35. The smallest absolute Gasteiger partial charge is 0.255 e. The van der Waals surface area contributed by atoms with Gasteiger partial charge in [0.1, 0.15) is 10.0 Å². The van der Waals surface area contributed by atoms with E-state index in [1.54, 1.807) is 6.20 Å². The largest absolute Gasteiger partial charge is 0.475 e. The van der Waals surface area contributed by atoms with Crippen molar-refractivity contribution in [3.05, 3.63) is 50.6 Å². The van der Waals surface area contributed by atoms with Crippen LogP contribution < -0.4 is 10.5 Å². The number of anilines is 1. The highest BCUT2D eigenvalue weighted by molar-refractivity contribution is 7.11. The molecule has 0 aliphatic heterocycles. The van der Waals surface area contributed by atoms with Gasteiger partial charge in [-0.3, -0.25) is 4.98 Å². The van der Waals surface area contributed by atoms with Gasteiger partial charge in [0.05, 0.1) is 17.3 Å². The molecular weight excluding hydrogens is 391 g/mol. The molecule has 0 spiro atoms. The number of hydrogen-bond donors (Lipinski definition) is 1. The summed E-state index contributed by atoms with van der Waals surface area (Å²) in [6.45, 7) is 2.17. The molecule has 4 rings (SSSR count). The Morgan fingerprint density at radius 3 is 2.89 bits per heavy atom. The average Bonchev–Trinajstić information content (AvgIpc) is 3.30. The van der Waals surface area contributed by atoms with E-state index in [-0.39, 0.29) is 35.8 Å². The van der Waals surface area contributed by atoms with E-state index >= 15 is 0 Å². The van der Waals surface area contributed by atoms with Crippen LogP contribution in [-0.2, 0) is 6.42 Å². The number of nitrogens with two attached hydrogens (primary N) is 1. The van der Waals surface area contributed by atoms with Crippen molar-refractivity contribution in [2.24, 2.45) is 5.92 Å². The zero-order valence-electron chi connectivity index (χ0n) is 14.4. The number of nitrogens with zero attached hydrogens (tertiary/aromatic N) is 5. The molecule has 1 aliphatic carbocycles. The van der Waals surface area contributed by atoms with Crippen LogP contribution in [0, 0.1) is 18.7 Å². The van der Waals surface area contributed by atoms with Gasteiger partial charge in [0.15, 0.2) is 0 Å². The first-order valence-corrected chi connectivity index (χ1v) is 9.54. The molecule has 0 amide bonds. The zero-order chi connectivity index (χ0) is 19.0. The van der Waals surface area contributed by atoms with Gasteiger partial charge in [-0.05, 0) is 25.5 Å². The number of pyridine rings is 1. The molecule has 0 saturated heterocycles. The highest BCUT2D eigenvalue weighted by Gasteiger charge is 2.40. The molecule has 2 atom stereocenters. The van der Waals surface area contributed by atoms with Crippen molar-refractivity contribution in [2.75, 3.05) is 12.3 Å². The van der Waals surface area contributed by atoms with Crippen LogP contribution >= 0.6 is 22.9 Å². The molecule has 7 nitrogen and oxygen atoms in total. The maximum Gasteiger partial charge on any atom is 0.255 e. The summed E-state index contributed by atoms with van der Waals surface area (Å²) in [5.74, 6) is -0.237. The predicted molar refractivity (Wildman–Crippen MR) is 99.4 cm³/mol. The van der Waals surface area contributed by atoms with E-state index in [1.165, 1.54) is 11.3 Å². The number of ether oxygens (including phenoxy) is 1. The Morgan fingerprint density at radius 2 is 2.19 bits per heavy atom. The molecule has 3 heterocycles. The number of rotatable bonds is 6. The van der Waals surface area contributed by atoms with Crippen molar-refractivity contribution in [1.82, 2.24) is 25.1 Å². The molecule has 2 N–H and O–H groups in total. The first-order valence-electron chi connectivity index (χ1n) is 8.34. The summed E-state index contributed by atoms with van der Waals surface area (Å²) in [4.78, 5) is 12.2. The number of hydrogen-bond acceptors (Lipinski definition) is 8. The third-order valence-corrected chi connectivity index (χ3v) is 5.34. The molecule has 0 radical (unpaired) electrons. The Bertz CT molecular complexity index is 967. The molecule has 0 aromatic carbocycles. The number of aryl methyl sites for hydroxylation is 1. The van der Waals surface area contributed by atoms with Gasteiger partial charge >= 0.3 is 0 Å². The Labute approximate surface area is 163 Å². The Kier molecular flexibility index (Phi) is 4.88. The summed E-state index contributed by atoms with van der Waals surface area (Å²) in [7, 11) is 0. The highest BCUT2D eigenvalue weighted by Crippen LogP contribution is 2.46. The summed E-state index contributed by atoms with van der Waals surface area (Å²) in [5.41, 5.74) is 6.83. The molecule has 1 saturated carbocycles. The number of nitrogen functional groups attached to an aromatic ring is 1. The first kappa shape index (κ1) is 18.0. The Balaban J connectivity index is 1.42. The van der Waals surface area contributed by atoms with Crippen LogP contribution in [0.25, 0.3) is 0 Å². The van der Waals surface area contributed by atoms with Gasteiger partial charge in [-0.1, -0.05) is 11.6 Å². The molecule has 27 heavy (non-hydrogen) atoms. The molecular formula is C17H16ClFN6OS. The van der Waals surface area contributed by atoms with Gasteiger partial charge in [0, 0.05) is 30.1 Å². The Hall–Kier alpha value is -2.39. The lowest BCUT2D eigenvalue weighted by Gasteiger charge is -2.09. The van der Waals surface area contributed by atoms with Crippen molar-refractivity contribution in [1.29, 1.82) is 0 Å². The first-order chi connectivity index (χ1) is 13.0. The fourth-order valence-corrected chi connectivity index (χ4v) is 3.67. The van der Waals surface area contributed by atoms with Gasteiger partial charge in [-0.25, -0.2) is 4.98 Å². The lowest BCUT2D eigenvalue weighted by Crippen LogP contribution is -2.10. The van der Waals surface area contributed by atoms with E-state index in [0.717, 1.165) is 17.1 Å². The molecule has 1 fully saturated rings. The zero-order valence-corrected chi connectivity index (χ0v) is 16.0. The average molecular weight is 407 g/mol. The minimum absolute atomic E-state index is 0.0330. The van der Waals surface area contributed by atoms with Gasteiger partial charge in [0.2, 0.25) is 11.8 Å². The van der Waals surface area contributed by atoms with Gasteiger partial charge in [-0.15, -0.1) is 21.5 Å². The maximum absolute atomic E-state index is 14.7. The lowest BCUT2D eigenvalue weighted by atomic mass is 10.2. The lowest BCUT2D eigenvalue weighted by molar-refractivity contribution is 0.269. The maximum atomic E-state index is 14.7. The van der Waals surface area contributed by atoms with E-state index in [9.17, 15) is 4.39 Å². The molecule has 10 heteroatoms. The molecule has 3 aromatic heterocycles. The molecule has 140 valence electrons. The standard InChI is InChI=1S/C17H16ClFN6OS/c1-8-24-25-14(27-8)5-13-15(19)16(23-17(20)22-13)26-7-9-4-11(9)12-3-2-10(18)6-21-12/h2-3,6,9,11H,4-5,7H2,1H3,(H2,20,22,23). The van der Waals surface area contributed by atoms with Crippen molar-refractivity contribution in [2.45, 2.75) is 25.7 Å². The quantitative estimate of drug-likeness (QED) is 0.670. The van der Waals surface area contributed by atoms with Crippen molar-refractivity contribution < 1.29 is 9.13 Å². The van der Waals surface area contributed by atoms with Crippen LogP contribution in [0.4, 0.5) is 10.3 Å². The topological polar surface area (TPSA) is 99.7 Å². The normalized spacial score (nSPS) is 18.5. The van der Waals surface area contributed by atoms with E-state index < -0.39 is 5.82 Å². The molecule has 1 aliphatic rings. The van der Waals surface area contributed by atoms with Gasteiger partial charge < -0.3 is 10.5 Å². The van der Waals surface area contributed by atoms with E-state index in [4.69, 9.17) is 22.1 Å². The summed E-state index contributed by atoms with van der Waals surface area (Å²) in [6.07, 6.45) is 2.74. The highest BCUT2D eigenvalue weighted by atomic mass is 35.5. The van der Waals surface area contributed by atoms with E-state index in [1.807, 2.05) is 19.1 Å². The van der Waals surface area contributed by atoms with Crippen LogP contribution in [0.1, 0.15) is 33.7 Å². The van der Waals surface area contributed by atoms with E-state index in [2.05, 4.69) is 25.1 Å². The second-order valence-corrected chi connectivity index (χ2v) is 8.06. The van der Waals surface area contributed by atoms with Crippen molar-refractivity contribution in [3.8, 4) is 5.88 Å². The summed E-state index contributed by atoms with van der Waals surface area (Å²) in [6, 6.07) is 3.71. The fraction of sp³-hybridized carbons (Fsp3) is 0.353. The monoisotopic (exact) mass is 406 g/mol. The van der Waals surface area contributed by atoms with Crippen molar-refractivity contribution >= 4 is 28.9 Å². The third kappa shape index (κ3) is 4.14. The second kappa shape index (κ2) is 7.32. The molecule has 2 unspecified atom stereocenters. The number of halogens is 2. The van der Waals surface area contributed by atoms with Crippen LogP contribution in [-0.4, -0.2) is 31.8 Å². The Morgan fingerprint density at radius 1 is 1.33 bits per heavy atom. The predicted octanol–water partition coefficient (Wildman–Crippen LogP) is 3.18. The van der Waals surface area contributed by atoms with Crippen molar-refractivity contribution in [3.63, 3.8) is 0 Å². The summed E-state index contributed by atoms with van der Waals surface area (Å²) < 4.78 is 20.3. The minimum atomic E-state index is -0.612. The minimum Gasteiger partial charge on any atom is -0.475 e.